The summed E-state index contributed by atoms with van der Waals surface area (Å²) in [6.07, 6.45) is 1.94. The molecule has 0 spiro atoms. The van der Waals surface area contributed by atoms with E-state index in [1.54, 1.807) is 18.2 Å². The minimum absolute atomic E-state index is 0.0308. The summed E-state index contributed by atoms with van der Waals surface area (Å²) in [7, 11) is 4.25. The number of H-pyrrole nitrogens is 2. The molecule has 5 N–H and O–H groups in total. The third-order valence-corrected chi connectivity index (χ3v) is 12.9. The van der Waals surface area contributed by atoms with Gasteiger partial charge in [0.25, 0.3) is 5.91 Å². The van der Waals surface area contributed by atoms with Crippen molar-refractivity contribution in [2.75, 3.05) is 41.0 Å². The molecule has 1 unspecified atom stereocenters. The van der Waals surface area contributed by atoms with Gasteiger partial charge in [-0.25, -0.2) is 19.6 Å². The number of benzene rings is 4. The molecule has 16 heteroatoms. The lowest BCUT2D eigenvalue weighted by molar-refractivity contribution is -0.134. The molecule has 2 saturated heterocycles. The molecule has 0 saturated carbocycles. The van der Waals surface area contributed by atoms with E-state index in [4.69, 9.17) is 28.9 Å². The van der Waals surface area contributed by atoms with Gasteiger partial charge in [-0.2, -0.15) is 0 Å². The highest BCUT2D eigenvalue weighted by atomic mass is 16.5. The molecule has 5 heterocycles. The van der Waals surface area contributed by atoms with Crippen molar-refractivity contribution in [1.29, 1.82) is 0 Å². The van der Waals surface area contributed by atoms with Crippen molar-refractivity contribution in [3.63, 3.8) is 0 Å². The predicted octanol–water partition coefficient (Wildman–Crippen LogP) is 7.13. The maximum Gasteiger partial charge on any atom is 0.407 e. The van der Waals surface area contributed by atoms with Gasteiger partial charge in [0.1, 0.15) is 36.3 Å². The number of carbonyl (C=O) groups excluding carboxylic acids is 3. The van der Waals surface area contributed by atoms with Crippen LogP contribution in [0.2, 0.25) is 0 Å². The molecular formula is C48H54N8O8. The van der Waals surface area contributed by atoms with Crippen molar-refractivity contribution in [3.05, 3.63) is 102 Å². The number of nitrogens with one attached hydrogen (secondary N) is 4. The normalized spacial score (nSPS) is 19.8. The van der Waals surface area contributed by atoms with Crippen molar-refractivity contribution < 1.29 is 38.4 Å². The minimum atomic E-state index is -0.944. The van der Waals surface area contributed by atoms with Crippen LogP contribution in [0.3, 0.4) is 0 Å². The van der Waals surface area contributed by atoms with Gasteiger partial charge in [-0.05, 0) is 77.1 Å². The fourth-order valence-corrected chi connectivity index (χ4v) is 9.73. The topological polar surface area (TPSA) is 196 Å². The number of aliphatic hydroxyl groups excluding tert-OH is 1. The van der Waals surface area contributed by atoms with E-state index in [0.29, 0.717) is 44.1 Å². The van der Waals surface area contributed by atoms with E-state index in [-0.39, 0.29) is 29.8 Å². The van der Waals surface area contributed by atoms with Crippen LogP contribution in [0.1, 0.15) is 74.0 Å². The molecule has 0 bridgehead atoms. The lowest BCUT2D eigenvalue weighted by atomic mass is 9.92. The molecular weight excluding hydrogens is 817 g/mol. The molecule has 64 heavy (non-hydrogen) atoms. The van der Waals surface area contributed by atoms with Crippen LogP contribution in [0.4, 0.5) is 9.59 Å². The first kappa shape index (κ1) is 42.8. The number of hydrogen-bond acceptors (Lipinski definition) is 11. The number of rotatable bonds is 12. The van der Waals surface area contributed by atoms with Gasteiger partial charge in [0.05, 0.1) is 61.9 Å². The summed E-state index contributed by atoms with van der Waals surface area (Å²) < 4.78 is 21.7. The zero-order valence-corrected chi connectivity index (χ0v) is 36.6. The first-order chi connectivity index (χ1) is 31.0. The number of aliphatic hydroxyl groups is 1. The summed E-state index contributed by atoms with van der Waals surface area (Å²) in [5.41, 5.74) is 7.20. The molecule has 9 rings (SSSR count). The molecule has 4 aromatic carbocycles. The SMILES string of the molecule is COC[C@H]1C[C@@H](c2ncc(-c3ccc4c(c3)COc3cc5c(ccc6[nH]c([C@@H]7CCCN7C(O)[C@@H](NC(=O)OC)C(C)C)nc65)cc3-4)[nH]2)N(C(=O)[C@H](NC(=O)OC)c2ccccc2)C1. The van der Waals surface area contributed by atoms with Gasteiger partial charge in [-0.3, -0.25) is 9.69 Å². The standard InChI is InChI=1S/C48H54N8O8/c1-26(2)40(53-47(59)62-4)45(57)55-17-9-12-37(55)44-50-35-16-14-29-20-34-32-15-13-30(19-31(32)25-64-39(34)21-33(29)42(35)52-44)36-22-49-43(51-36)38-18-27(24-61-3)23-56(38)46(58)41(54-48(60)63-5)28-10-7-6-8-11-28/h6-8,10-11,13-16,19-22,26-27,37-38,40-41,45,57H,9,12,17-18,23-25H2,1-5H3,(H,49,51)(H,50,52)(H,53,59)(H,54,60)/t27-,37-,38-,40-,41+,45?/m0/s1. The third-order valence-electron chi connectivity index (χ3n) is 12.9. The van der Waals surface area contributed by atoms with Crippen LogP contribution in [0.25, 0.3) is 44.2 Å². The Kier molecular flexibility index (Phi) is 12.0. The summed E-state index contributed by atoms with van der Waals surface area (Å²) in [4.78, 5) is 59.7. The second-order valence-corrected chi connectivity index (χ2v) is 17.3. The number of imidazole rings is 2. The summed E-state index contributed by atoms with van der Waals surface area (Å²) in [5, 5.41) is 19.1. The van der Waals surface area contributed by atoms with Gasteiger partial charge in [0, 0.05) is 37.1 Å². The number of hydrogen-bond donors (Lipinski definition) is 5. The Morgan fingerprint density at radius 3 is 2.48 bits per heavy atom. The highest BCUT2D eigenvalue weighted by Gasteiger charge is 2.42. The van der Waals surface area contributed by atoms with Gasteiger partial charge in [-0.1, -0.05) is 62.4 Å². The first-order valence-corrected chi connectivity index (χ1v) is 21.8. The minimum Gasteiger partial charge on any atom is -0.488 e. The molecule has 16 nitrogen and oxygen atoms in total. The Labute approximate surface area is 370 Å². The van der Waals surface area contributed by atoms with Crippen molar-refractivity contribution in [2.24, 2.45) is 11.8 Å². The Morgan fingerprint density at radius 2 is 1.72 bits per heavy atom. The van der Waals surface area contributed by atoms with E-state index in [1.807, 2.05) is 55.1 Å². The number of aromatic amines is 2. The summed E-state index contributed by atoms with van der Waals surface area (Å²) >= 11 is 0. The fraction of sp³-hybridized carbons (Fsp3) is 0.396. The largest absolute Gasteiger partial charge is 0.488 e. The number of aromatic nitrogens is 4. The molecule has 2 aromatic heterocycles. The number of nitrogens with zero attached hydrogens (tertiary/aromatic N) is 4. The van der Waals surface area contributed by atoms with Crippen molar-refractivity contribution >= 4 is 39.9 Å². The highest BCUT2D eigenvalue weighted by molar-refractivity contribution is 6.07. The van der Waals surface area contributed by atoms with E-state index >= 15 is 0 Å². The van der Waals surface area contributed by atoms with E-state index < -0.39 is 30.5 Å². The zero-order chi connectivity index (χ0) is 44.6. The molecule has 3 aliphatic rings. The zero-order valence-electron chi connectivity index (χ0n) is 36.6. The Hall–Kier alpha value is -6.49. The van der Waals surface area contributed by atoms with Crippen LogP contribution in [0.5, 0.6) is 5.75 Å². The van der Waals surface area contributed by atoms with E-state index in [0.717, 1.165) is 74.2 Å². The van der Waals surface area contributed by atoms with Gasteiger partial charge in [0.15, 0.2) is 0 Å². The van der Waals surface area contributed by atoms with Gasteiger partial charge in [0.2, 0.25) is 0 Å². The van der Waals surface area contributed by atoms with Crippen LogP contribution in [-0.4, -0.2) is 106 Å². The lowest BCUT2D eigenvalue weighted by Gasteiger charge is -2.35. The summed E-state index contributed by atoms with van der Waals surface area (Å²) in [6.45, 7) is 5.88. The highest BCUT2D eigenvalue weighted by Crippen LogP contribution is 2.44. The van der Waals surface area contributed by atoms with Crippen LogP contribution in [-0.2, 0) is 25.6 Å². The molecule has 3 aliphatic heterocycles. The molecule has 6 aromatic rings. The number of fused-ring (bicyclic) bond motifs is 6. The summed E-state index contributed by atoms with van der Waals surface area (Å²) in [5.74, 6) is 1.97. The lowest BCUT2D eigenvalue weighted by Crippen LogP contribution is -2.54. The quantitative estimate of drug-likeness (QED) is 0.0839. The van der Waals surface area contributed by atoms with Crippen molar-refractivity contribution in [1.82, 2.24) is 40.4 Å². The molecule has 334 valence electrons. The second kappa shape index (κ2) is 17.9. The smallest absolute Gasteiger partial charge is 0.407 e. The van der Waals surface area contributed by atoms with Crippen LogP contribution >= 0.6 is 0 Å². The second-order valence-electron chi connectivity index (χ2n) is 17.3. The third kappa shape index (κ3) is 8.12. The van der Waals surface area contributed by atoms with Crippen LogP contribution in [0.15, 0.2) is 79.0 Å². The molecule has 6 atom stereocenters. The van der Waals surface area contributed by atoms with Gasteiger partial charge in [-0.15, -0.1) is 0 Å². The maximum atomic E-state index is 14.3. The number of ether oxygens (including phenoxy) is 4. The van der Waals surface area contributed by atoms with Crippen molar-refractivity contribution in [3.8, 4) is 28.1 Å². The van der Waals surface area contributed by atoms with Gasteiger partial charge >= 0.3 is 12.2 Å². The monoisotopic (exact) mass is 870 g/mol. The molecule has 3 amide bonds. The van der Waals surface area contributed by atoms with E-state index in [9.17, 15) is 19.5 Å². The first-order valence-electron chi connectivity index (χ1n) is 21.8. The van der Waals surface area contributed by atoms with E-state index in [2.05, 4.69) is 57.0 Å². The number of carbonyl (C=O) groups is 3. The van der Waals surface area contributed by atoms with E-state index in [1.165, 1.54) is 14.2 Å². The van der Waals surface area contributed by atoms with Crippen molar-refractivity contribution in [2.45, 2.75) is 70.1 Å². The Balaban J connectivity index is 0.967. The molecule has 0 aliphatic carbocycles. The van der Waals surface area contributed by atoms with Gasteiger partial charge < -0.3 is 49.6 Å². The maximum absolute atomic E-state index is 14.3. The number of alkyl carbamates (subject to hydrolysis) is 2. The molecule has 0 radical (unpaired) electrons. The molecule has 2 fully saturated rings. The number of methoxy groups -OCH3 is 3. The Morgan fingerprint density at radius 1 is 0.922 bits per heavy atom. The average Bonchev–Trinajstić information content (AvgIpc) is 4.15. The summed E-state index contributed by atoms with van der Waals surface area (Å²) in [6, 6.07) is 21.8. The number of amides is 3. The predicted molar refractivity (Wildman–Crippen MR) is 239 cm³/mol. The van der Waals surface area contributed by atoms with Crippen LogP contribution in [0, 0.1) is 11.8 Å². The average molecular weight is 871 g/mol. The fourth-order valence-electron chi connectivity index (χ4n) is 9.73. The van der Waals surface area contributed by atoms with Crippen LogP contribution < -0.4 is 15.4 Å². The number of likely N-dealkylation sites (tertiary alicyclic amines) is 2. The Bertz CT molecular complexity index is 2680.